The van der Waals surface area contributed by atoms with Gasteiger partial charge in [0.15, 0.2) is 0 Å². The first-order valence-corrected chi connectivity index (χ1v) is 7.81. The van der Waals surface area contributed by atoms with E-state index in [-0.39, 0.29) is 11.5 Å². The zero-order valence-corrected chi connectivity index (χ0v) is 11.8. The van der Waals surface area contributed by atoms with Crippen LogP contribution in [0.2, 0.25) is 0 Å². The number of ether oxygens (including phenoxy) is 1. The quantitative estimate of drug-likeness (QED) is 0.790. The lowest BCUT2D eigenvalue weighted by molar-refractivity contribution is 0.0213. The number of hydrogen-bond acceptors (Lipinski definition) is 4. The predicted octanol–water partition coefficient (Wildman–Crippen LogP) is 2.41. The van der Waals surface area contributed by atoms with Gasteiger partial charge in [-0.3, -0.25) is 0 Å². The Kier molecular flexibility index (Phi) is 4.30. The second-order valence-electron chi connectivity index (χ2n) is 5.48. The van der Waals surface area contributed by atoms with Crippen molar-refractivity contribution in [2.24, 2.45) is 11.3 Å². The molecule has 0 saturated heterocycles. The number of nitrogens with one attached hydrogen (secondary N) is 1. The predicted molar refractivity (Wildman–Crippen MR) is 65.0 cm³/mol. The van der Waals surface area contributed by atoms with E-state index in [1.165, 1.54) is 0 Å². The monoisotopic (exact) mass is 283 g/mol. The van der Waals surface area contributed by atoms with Crippen molar-refractivity contribution < 1.29 is 17.9 Å². The number of hydrogen-bond donors (Lipinski definition) is 1. The summed E-state index contributed by atoms with van der Waals surface area (Å²) in [6, 6.07) is 0. The van der Waals surface area contributed by atoms with Crippen LogP contribution in [0.25, 0.3) is 0 Å². The first kappa shape index (κ1) is 14.6. The molecule has 0 spiro atoms. The lowest BCUT2D eigenvalue weighted by atomic mass is 9.71. The van der Waals surface area contributed by atoms with E-state index in [1.807, 2.05) is 0 Å². The Morgan fingerprint density at radius 2 is 2.00 bits per heavy atom. The average molecular weight is 284 g/mol. The van der Waals surface area contributed by atoms with Crippen LogP contribution in [0.5, 0.6) is 0 Å². The van der Waals surface area contributed by atoms with E-state index in [2.05, 4.69) is 20.8 Å². The highest BCUT2D eigenvalue weighted by Crippen LogP contribution is 2.39. The lowest BCUT2D eigenvalue weighted by Gasteiger charge is -2.38. The number of carbonyl (C=O) groups is 1. The maximum absolute atomic E-state index is 11.2. The van der Waals surface area contributed by atoms with Crippen LogP contribution in [0, 0.1) is 11.3 Å². The molecule has 17 heavy (non-hydrogen) atoms. The molecule has 1 aliphatic rings. The number of carbonyl (C=O) groups excluding carboxylic acids is 1. The van der Waals surface area contributed by atoms with E-state index in [0.29, 0.717) is 5.92 Å². The van der Waals surface area contributed by atoms with Crippen molar-refractivity contribution in [2.75, 3.05) is 0 Å². The molecule has 1 rings (SSSR count). The lowest BCUT2D eigenvalue weighted by Crippen LogP contribution is -2.37. The van der Waals surface area contributed by atoms with E-state index in [1.54, 1.807) is 4.72 Å². The third-order valence-corrected chi connectivity index (χ3v) is 3.47. The van der Waals surface area contributed by atoms with Gasteiger partial charge in [0.05, 0.1) is 0 Å². The molecule has 2 unspecified atom stereocenters. The van der Waals surface area contributed by atoms with Gasteiger partial charge in [0, 0.05) is 10.7 Å². The minimum atomic E-state index is -4.07. The number of amides is 1. The van der Waals surface area contributed by atoms with Gasteiger partial charge >= 0.3 is 15.3 Å². The zero-order valence-electron chi connectivity index (χ0n) is 10.2. The first-order chi connectivity index (χ1) is 7.57. The van der Waals surface area contributed by atoms with Crippen LogP contribution in [-0.4, -0.2) is 20.6 Å². The molecule has 1 N–H and O–H groups in total. The summed E-state index contributed by atoms with van der Waals surface area (Å²) in [6.07, 6.45) is 1.29. The molecular weight excluding hydrogens is 266 g/mol. The molecule has 0 aromatic heterocycles. The fourth-order valence-corrected chi connectivity index (χ4v) is 3.06. The molecule has 1 fully saturated rings. The molecule has 7 heteroatoms. The first-order valence-electron chi connectivity index (χ1n) is 5.50. The van der Waals surface area contributed by atoms with Crippen LogP contribution >= 0.6 is 10.7 Å². The van der Waals surface area contributed by atoms with Crippen molar-refractivity contribution in [3.05, 3.63) is 0 Å². The zero-order chi connectivity index (χ0) is 13.3. The third-order valence-electron chi connectivity index (χ3n) is 2.83. The summed E-state index contributed by atoms with van der Waals surface area (Å²) in [5.41, 5.74) is 0.0997. The second kappa shape index (κ2) is 5.02. The van der Waals surface area contributed by atoms with E-state index in [0.717, 1.165) is 19.3 Å². The molecule has 5 nitrogen and oxygen atoms in total. The van der Waals surface area contributed by atoms with Gasteiger partial charge in [0.2, 0.25) is 0 Å². The SMILES string of the molecule is CC1CC(OC(=O)NS(=O)(=O)Cl)CC(C)(C)C1. The Hall–Kier alpha value is -0.490. The topological polar surface area (TPSA) is 72.5 Å². The van der Waals surface area contributed by atoms with Gasteiger partial charge < -0.3 is 4.74 Å². The molecule has 0 aliphatic heterocycles. The summed E-state index contributed by atoms with van der Waals surface area (Å²) in [7, 11) is 0.822. The van der Waals surface area contributed by atoms with Crippen LogP contribution in [0.1, 0.15) is 40.0 Å². The average Bonchev–Trinajstić information content (AvgIpc) is 1.93. The molecule has 2 atom stereocenters. The normalized spacial score (nSPS) is 28.5. The molecule has 100 valence electrons. The molecule has 1 saturated carbocycles. The van der Waals surface area contributed by atoms with Crippen molar-refractivity contribution in [3.63, 3.8) is 0 Å². The minimum absolute atomic E-state index is 0.0997. The highest BCUT2D eigenvalue weighted by atomic mass is 35.7. The van der Waals surface area contributed by atoms with Crippen molar-refractivity contribution in [1.82, 2.24) is 4.72 Å². The largest absolute Gasteiger partial charge is 0.445 e. The molecule has 0 aromatic rings. The van der Waals surface area contributed by atoms with Gasteiger partial charge in [-0.05, 0) is 30.6 Å². The Balaban J connectivity index is 2.54. The highest BCUT2D eigenvalue weighted by molar-refractivity contribution is 8.12. The van der Waals surface area contributed by atoms with Gasteiger partial charge in [0.1, 0.15) is 6.10 Å². The van der Waals surface area contributed by atoms with E-state index < -0.39 is 15.3 Å². The van der Waals surface area contributed by atoms with Crippen molar-refractivity contribution in [3.8, 4) is 0 Å². The van der Waals surface area contributed by atoms with E-state index in [4.69, 9.17) is 15.4 Å². The Labute approximate surface area is 106 Å². The van der Waals surface area contributed by atoms with E-state index >= 15 is 0 Å². The summed E-state index contributed by atoms with van der Waals surface area (Å²) >= 11 is 0. The Morgan fingerprint density at radius 1 is 1.41 bits per heavy atom. The van der Waals surface area contributed by atoms with Crippen LogP contribution in [0.15, 0.2) is 0 Å². The number of halogens is 1. The molecule has 1 amide bonds. The Morgan fingerprint density at radius 3 is 2.47 bits per heavy atom. The summed E-state index contributed by atoms with van der Waals surface area (Å²) in [6.45, 7) is 6.30. The molecule has 0 radical (unpaired) electrons. The van der Waals surface area contributed by atoms with Crippen molar-refractivity contribution in [2.45, 2.75) is 46.1 Å². The minimum Gasteiger partial charge on any atom is -0.445 e. The molecule has 0 bridgehead atoms. The summed E-state index contributed by atoms with van der Waals surface area (Å²) in [5, 5.41) is 0. The molecule has 0 aromatic carbocycles. The Bertz CT molecular complexity index is 393. The van der Waals surface area contributed by atoms with Gasteiger partial charge in [-0.2, -0.15) is 8.42 Å². The fraction of sp³-hybridized carbons (Fsp3) is 0.900. The molecule has 0 heterocycles. The smallest absolute Gasteiger partial charge is 0.422 e. The summed E-state index contributed by atoms with van der Waals surface area (Å²) in [4.78, 5) is 11.2. The summed E-state index contributed by atoms with van der Waals surface area (Å²) in [5.74, 6) is 0.448. The van der Waals surface area contributed by atoms with Crippen molar-refractivity contribution >= 4 is 26.0 Å². The van der Waals surface area contributed by atoms with Crippen LogP contribution in [-0.2, 0) is 14.0 Å². The second-order valence-corrected chi connectivity index (χ2v) is 7.78. The molecular formula is C10H18ClNO4S. The van der Waals surface area contributed by atoms with Gasteiger partial charge in [0.25, 0.3) is 0 Å². The van der Waals surface area contributed by atoms with Gasteiger partial charge in [-0.15, -0.1) is 0 Å². The third kappa shape index (κ3) is 5.59. The van der Waals surface area contributed by atoms with Crippen LogP contribution in [0.4, 0.5) is 4.79 Å². The van der Waals surface area contributed by atoms with Gasteiger partial charge in [-0.1, -0.05) is 20.8 Å². The van der Waals surface area contributed by atoms with Crippen LogP contribution in [0.3, 0.4) is 0 Å². The highest BCUT2D eigenvalue weighted by Gasteiger charge is 2.34. The van der Waals surface area contributed by atoms with E-state index in [9.17, 15) is 13.2 Å². The van der Waals surface area contributed by atoms with Gasteiger partial charge in [-0.25, -0.2) is 9.52 Å². The maximum atomic E-state index is 11.2. The summed E-state index contributed by atoms with van der Waals surface area (Å²) < 4.78 is 27.9. The van der Waals surface area contributed by atoms with Crippen LogP contribution < -0.4 is 4.72 Å². The standard InChI is InChI=1S/C10H18ClNO4S/c1-7-4-8(6-10(2,3)5-7)16-9(13)12-17(11,14)15/h7-8H,4-6H2,1-3H3,(H,12,13). The molecule has 1 aliphatic carbocycles. The van der Waals surface area contributed by atoms with Crippen molar-refractivity contribution in [1.29, 1.82) is 0 Å². The number of rotatable bonds is 2. The maximum Gasteiger partial charge on any atom is 0.422 e. The fourth-order valence-electron chi connectivity index (χ4n) is 2.62.